The van der Waals surface area contributed by atoms with Gasteiger partial charge >= 0.3 is 0 Å². The maximum Gasteiger partial charge on any atom is 0.234 e. The number of benzene rings is 3. The molecule has 1 amide bonds. The van der Waals surface area contributed by atoms with E-state index in [0.29, 0.717) is 18.8 Å². The predicted octanol–water partition coefficient (Wildman–Crippen LogP) is 4.71. The molecule has 0 spiro atoms. The van der Waals surface area contributed by atoms with Crippen molar-refractivity contribution in [2.45, 2.75) is 25.4 Å². The number of fused-ring (bicyclic) bond motifs is 2. The van der Waals surface area contributed by atoms with Crippen molar-refractivity contribution in [1.82, 2.24) is 15.2 Å². The minimum absolute atomic E-state index is 0.00640. The largest absolute Gasteiger partial charge is 0.493 e. The number of rotatable bonds is 8. The summed E-state index contributed by atoms with van der Waals surface area (Å²) in [6.07, 6.45) is 3.38. The minimum atomic E-state index is -0.00640. The van der Waals surface area contributed by atoms with Gasteiger partial charge in [0.15, 0.2) is 11.5 Å². The minimum Gasteiger partial charge on any atom is -0.493 e. The SMILES string of the molecule is COc1cc2c(cc1OC)C(Cc1ccc3ccccc3c1)N(CC(=O)NCc1ccccn1)CC2. The first-order valence-electron chi connectivity index (χ1n) is 12.3. The van der Waals surface area contributed by atoms with E-state index in [1.54, 1.807) is 20.4 Å². The zero-order chi connectivity index (χ0) is 24.9. The third-order valence-corrected chi connectivity index (χ3v) is 6.90. The number of pyridine rings is 1. The van der Waals surface area contributed by atoms with Crippen molar-refractivity contribution >= 4 is 16.7 Å². The topological polar surface area (TPSA) is 63.7 Å². The van der Waals surface area contributed by atoms with Crippen molar-refractivity contribution in [3.8, 4) is 11.5 Å². The van der Waals surface area contributed by atoms with E-state index in [-0.39, 0.29) is 11.9 Å². The molecule has 4 aromatic rings. The van der Waals surface area contributed by atoms with E-state index in [0.717, 1.165) is 30.8 Å². The molecule has 1 atom stereocenters. The number of methoxy groups -OCH3 is 2. The van der Waals surface area contributed by atoms with Crippen molar-refractivity contribution in [2.75, 3.05) is 27.3 Å². The lowest BCUT2D eigenvalue weighted by atomic mass is 9.87. The van der Waals surface area contributed by atoms with E-state index in [1.807, 2.05) is 18.2 Å². The maximum atomic E-state index is 13.0. The molecule has 2 heterocycles. The van der Waals surface area contributed by atoms with Gasteiger partial charge in [-0.3, -0.25) is 14.7 Å². The molecule has 5 rings (SSSR count). The summed E-state index contributed by atoms with van der Waals surface area (Å²) in [5.74, 6) is 1.44. The van der Waals surface area contributed by atoms with Crippen LogP contribution in [-0.4, -0.2) is 43.1 Å². The summed E-state index contributed by atoms with van der Waals surface area (Å²) in [6.45, 7) is 1.53. The van der Waals surface area contributed by atoms with E-state index in [1.165, 1.54) is 27.5 Å². The Morgan fingerprint density at radius 3 is 2.53 bits per heavy atom. The Morgan fingerprint density at radius 1 is 0.972 bits per heavy atom. The first kappa shape index (κ1) is 23.8. The summed E-state index contributed by atoms with van der Waals surface area (Å²) >= 11 is 0. The molecule has 0 fully saturated rings. The van der Waals surface area contributed by atoms with E-state index in [4.69, 9.17) is 9.47 Å². The van der Waals surface area contributed by atoms with Crippen molar-refractivity contribution in [3.05, 3.63) is 101 Å². The Morgan fingerprint density at radius 2 is 1.75 bits per heavy atom. The highest BCUT2D eigenvalue weighted by molar-refractivity contribution is 5.83. The summed E-state index contributed by atoms with van der Waals surface area (Å²) in [5, 5.41) is 5.48. The van der Waals surface area contributed by atoms with Gasteiger partial charge in [-0.15, -0.1) is 0 Å². The molecule has 0 bridgehead atoms. The molecule has 1 unspecified atom stereocenters. The molecule has 1 N–H and O–H groups in total. The lowest BCUT2D eigenvalue weighted by molar-refractivity contribution is -0.123. The van der Waals surface area contributed by atoms with Crippen LogP contribution < -0.4 is 14.8 Å². The number of nitrogens with zero attached hydrogens (tertiary/aromatic N) is 2. The monoisotopic (exact) mass is 481 g/mol. The quantitative estimate of drug-likeness (QED) is 0.395. The standard InChI is InChI=1S/C30H31N3O3/c1-35-28-17-24-12-14-33(20-30(34)32-19-25-9-5-6-13-31-25)27(26(24)18-29(28)36-2)16-21-10-11-22-7-3-4-8-23(22)15-21/h3-11,13,15,17-18,27H,12,14,16,19-20H2,1-2H3,(H,32,34). The molecule has 6 nitrogen and oxygen atoms in total. The predicted molar refractivity (Wildman–Crippen MR) is 141 cm³/mol. The van der Waals surface area contributed by atoms with Crippen LogP contribution in [0.1, 0.15) is 28.4 Å². The molecule has 1 aliphatic rings. The summed E-state index contributed by atoms with van der Waals surface area (Å²) in [7, 11) is 3.33. The summed E-state index contributed by atoms with van der Waals surface area (Å²) in [5.41, 5.74) is 4.51. The second-order valence-corrected chi connectivity index (χ2v) is 9.13. The van der Waals surface area contributed by atoms with Crippen LogP contribution in [0, 0.1) is 0 Å². The van der Waals surface area contributed by atoms with Gasteiger partial charge in [0, 0.05) is 18.8 Å². The van der Waals surface area contributed by atoms with Gasteiger partial charge in [0.2, 0.25) is 5.91 Å². The molecule has 0 aliphatic carbocycles. The zero-order valence-electron chi connectivity index (χ0n) is 20.7. The average Bonchev–Trinajstić information content (AvgIpc) is 2.93. The normalized spacial score (nSPS) is 15.3. The number of ether oxygens (including phenoxy) is 2. The van der Waals surface area contributed by atoms with Crippen molar-refractivity contribution in [1.29, 1.82) is 0 Å². The molecule has 184 valence electrons. The Bertz CT molecular complexity index is 1360. The molecule has 6 heteroatoms. The van der Waals surface area contributed by atoms with Crippen LogP contribution in [0.3, 0.4) is 0 Å². The Kier molecular flexibility index (Phi) is 7.14. The smallest absolute Gasteiger partial charge is 0.234 e. The van der Waals surface area contributed by atoms with Crippen molar-refractivity contribution in [2.24, 2.45) is 0 Å². The molecule has 3 aromatic carbocycles. The Balaban J connectivity index is 1.42. The van der Waals surface area contributed by atoms with Crippen LogP contribution >= 0.6 is 0 Å². The number of amides is 1. The fraction of sp³-hybridized carbons (Fsp3) is 0.267. The lowest BCUT2D eigenvalue weighted by Crippen LogP contribution is -2.43. The van der Waals surface area contributed by atoms with Gasteiger partial charge in [-0.25, -0.2) is 0 Å². The second kappa shape index (κ2) is 10.8. The number of nitrogens with one attached hydrogen (secondary N) is 1. The molecule has 1 aliphatic heterocycles. The zero-order valence-corrected chi connectivity index (χ0v) is 20.7. The third kappa shape index (κ3) is 5.19. The second-order valence-electron chi connectivity index (χ2n) is 9.13. The van der Waals surface area contributed by atoms with Gasteiger partial charge in [0.05, 0.1) is 33.0 Å². The molecule has 36 heavy (non-hydrogen) atoms. The van der Waals surface area contributed by atoms with E-state index in [2.05, 4.69) is 69.8 Å². The fourth-order valence-electron chi connectivity index (χ4n) is 5.03. The van der Waals surface area contributed by atoms with Crippen LogP contribution in [-0.2, 0) is 24.2 Å². The highest BCUT2D eigenvalue weighted by Gasteiger charge is 2.30. The van der Waals surface area contributed by atoms with Gasteiger partial charge in [-0.05, 0) is 64.6 Å². The van der Waals surface area contributed by atoms with E-state index < -0.39 is 0 Å². The Labute approximate surface area is 211 Å². The van der Waals surface area contributed by atoms with Gasteiger partial charge in [0.25, 0.3) is 0 Å². The highest BCUT2D eigenvalue weighted by atomic mass is 16.5. The number of hydrogen-bond acceptors (Lipinski definition) is 5. The van der Waals surface area contributed by atoms with Crippen LogP contribution in [0.5, 0.6) is 11.5 Å². The first-order valence-corrected chi connectivity index (χ1v) is 12.3. The highest BCUT2D eigenvalue weighted by Crippen LogP contribution is 2.39. The average molecular weight is 482 g/mol. The maximum absolute atomic E-state index is 13.0. The van der Waals surface area contributed by atoms with Gasteiger partial charge in [-0.1, -0.05) is 48.5 Å². The molecule has 1 aromatic heterocycles. The van der Waals surface area contributed by atoms with Gasteiger partial charge in [-0.2, -0.15) is 0 Å². The first-order chi connectivity index (χ1) is 17.6. The van der Waals surface area contributed by atoms with Gasteiger partial charge < -0.3 is 14.8 Å². The number of aromatic nitrogens is 1. The molecule has 0 saturated carbocycles. The number of carbonyl (C=O) groups excluding carboxylic acids is 1. The molecular formula is C30H31N3O3. The van der Waals surface area contributed by atoms with Gasteiger partial charge in [0.1, 0.15) is 0 Å². The lowest BCUT2D eigenvalue weighted by Gasteiger charge is -2.37. The molecular weight excluding hydrogens is 450 g/mol. The number of carbonyl (C=O) groups is 1. The molecule has 0 saturated heterocycles. The van der Waals surface area contributed by atoms with E-state index in [9.17, 15) is 4.79 Å². The summed E-state index contributed by atoms with van der Waals surface area (Å²) in [6, 6.07) is 24.9. The number of hydrogen-bond donors (Lipinski definition) is 1. The third-order valence-electron chi connectivity index (χ3n) is 6.90. The van der Waals surface area contributed by atoms with Crippen LogP contribution in [0.25, 0.3) is 10.8 Å². The van der Waals surface area contributed by atoms with Crippen LogP contribution in [0.2, 0.25) is 0 Å². The fourth-order valence-corrected chi connectivity index (χ4v) is 5.03. The van der Waals surface area contributed by atoms with Crippen molar-refractivity contribution < 1.29 is 14.3 Å². The molecule has 0 radical (unpaired) electrons. The summed E-state index contributed by atoms with van der Waals surface area (Å²) < 4.78 is 11.2. The van der Waals surface area contributed by atoms with E-state index >= 15 is 0 Å². The van der Waals surface area contributed by atoms with Crippen LogP contribution in [0.15, 0.2) is 79.0 Å². The Hall–Kier alpha value is -3.90. The summed E-state index contributed by atoms with van der Waals surface area (Å²) in [4.78, 5) is 19.5. The van der Waals surface area contributed by atoms with Crippen molar-refractivity contribution in [3.63, 3.8) is 0 Å². The van der Waals surface area contributed by atoms with Crippen LogP contribution in [0.4, 0.5) is 0 Å².